The van der Waals surface area contributed by atoms with Gasteiger partial charge >= 0.3 is 40.6 Å². The van der Waals surface area contributed by atoms with Crippen LogP contribution in [-0.4, -0.2) is 23.0 Å². The number of rotatable bonds is 1. The fourth-order valence-electron chi connectivity index (χ4n) is 0. The Bertz CT molecular complexity index is 20.9. The van der Waals surface area contributed by atoms with Crippen LogP contribution in [0, 0.1) is 0 Å². The zero-order valence-electron chi connectivity index (χ0n) is 3.99. The molecule has 32 valence electrons. The van der Waals surface area contributed by atoms with E-state index in [1.165, 1.54) is 0 Å². The number of hydrogen-bond acceptors (Lipinski definition) is 1. The van der Waals surface area contributed by atoms with Crippen molar-refractivity contribution in [3.05, 3.63) is 0 Å². The van der Waals surface area contributed by atoms with E-state index in [4.69, 9.17) is 3.76 Å². The van der Waals surface area contributed by atoms with Gasteiger partial charge in [-0.2, -0.15) is 0 Å². The van der Waals surface area contributed by atoms with Crippen molar-refractivity contribution in [2.45, 2.75) is 20.0 Å². The van der Waals surface area contributed by atoms with Crippen molar-refractivity contribution in [2.75, 3.05) is 0 Å². The molecule has 0 spiro atoms. The summed E-state index contributed by atoms with van der Waals surface area (Å²) >= 11 is 0.584. The molecule has 0 heterocycles. The van der Waals surface area contributed by atoms with Crippen LogP contribution < -0.4 is 0 Å². The first-order valence-electron chi connectivity index (χ1n) is 1.80. The molecule has 0 aliphatic carbocycles. The summed E-state index contributed by atoms with van der Waals surface area (Å²) in [6, 6.07) is 0. The maximum absolute atomic E-state index is 4.94. The maximum atomic E-state index is 4.94. The van der Waals surface area contributed by atoms with Gasteiger partial charge in [-0.3, -0.25) is 0 Å². The molecular weight excluding hydrogens is 125 g/mol. The Morgan fingerprint density at radius 2 is 1.80 bits per heavy atom. The molecular formula is C3H10GeO. The van der Waals surface area contributed by atoms with Gasteiger partial charge in [-0.15, -0.1) is 0 Å². The van der Waals surface area contributed by atoms with Gasteiger partial charge in [-0.05, 0) is 0 Å². The molecule has 0 aromatic heterocycles. The second-order valence-electron chi connectivity index (χ2n) is 1.28. The van der Waals surface area contributed by atoms with Crippen LogP contribution in [0.1, 0.15) is 13.8 Å². The summed E-state index contributed by atoms with van der Waals surface area (Å²) < 4.78 is 4.94. The average molecular weight is 135 g/mol. The second-order valence-corrected chi connectivity index (χ2v) is 2.27. The first-order chi connectivity index (χ1) is 2.27. The summed E-state index contributed by atoms with van der Waals surface area (Å²) in [5.41, 5.74) is 0. The van der Waals surface area contributed by atoms with Crippen molar-refractivity contribution in [3.63, 3.8) is 0 Å². The van der Waals surface area contributed by atoms with Crippen LogP contribution in [0.15, 0.2) is 0 Å². The van der Waals surface area contributed by atoms with E-state index < -0.39 is 0 Å². The zero-order chi connectivity index (χ0) is 4.28. The van der Waals surface area contributed by atoms with E-state index in [2.05, 4.69) is 0 Å². The van der Waals surface area contributed by atoms with Gasteiger partial charge in [0.15, 0.2) is 0 Å². The summed E-state index contributed by atoms with van der Waals surface area (Å²) in [6.07, 6.45) is 0.468. The SMILES string of the molecule is CC(C)[O][GeH3]. The van der Waals surface area contributed by atoms with Crippen molar-refractivity contribution in [2.24, 2.45) is 0 Å². The predicted molar refractivity (Wildman–Crippen MR) is 26.2 cm³/mol. The van der Waals surface area contributed by atoms with E-state index >= 15 is 0 Å². The molecule has 0 unspecified atom stereocenters. The Hall–Kier alpha value is 0.503. The fraction of sp³-hybridized carbons (Fsp3) is 1.00. The Kier molecular flexibility index (Phi) is 3.00. The molecule has 0 atom stereocenters. The molecule has 0 N–H and O–H groups in total. The molecule has 0 aromatic carbocycles. The molecule has 0 radical (unpaired) electrons. The topological polar surface area (TPSA) is 9.23 Å². The van der Waals surface area contributed by atoms with Crippen LogP contribution >= 0.6 is 0 Å². The van der Waals surface area contributed by atoms with Crippen LogP contribution in [0.25, 0.3) is 0 Å². The van der Waals surface area contributed by atoms with Gasteiger partial charge in [0, 0.05) is 0 Å². The van der Waals surface area contributed by atoms with Gasteiger partial charge < -0.3 is 0 Å². The van der Waals surface area contributed by atoms with Gasteiger partial charge in [0.1, 0.15) is 0 Å². The first-order valence-corrected chi connectivity index (χ1v) is 3.51. The summed E-state index contributed by atoms with van der Waals surface area (Å²) in [7, 11) is 0. The predicted octanol–water partition coefficient (Wildman–Crippen LogP) is -0.308. The minimum absolute atomic E-state index is 0.468. The molecule has 0 saturated carbocycles. The monoisotopic (exact) mass is 136 g/mol. The first kappa shape index (κ1) is 5.50. The van der Waals surface area contributed by atoms with E-state index in [0.29, 0.717) is 23.0 Å². The normalized spacial score (nSPS) is 10.2. The Morgan fingerprint density at radius 3 is 1.80 bits per heavy atom. The molecule has 0 aliphatic rings. The fourth-order valence-corrected chi connectivity index (χ4v) is 0. The molecule has 0 bridgehead atoms. The van der Waals surface area contributed by atoms with Crippen LogP contribution in [-0.2, 0) is 3.76 Å². The Labute approximate surface area is 41.3 Å². The van der Waals surface area contributed by atoms with Crippen LogP contribution in [0.2, 0.25) is 0 Å². The quantitative estimate of drug-likeness (QED) is 0.448. The van der Waals surface area contributed by atoms with E-state index in [1.54, 1.807) is 0 Å². The van der Waals surface area contributed by atoms with E-state index in [1.807, 2.05) is 13.8 Å². The third kappa shape index (κ3) is 4.50. The van der Waals surface area contributed by atoms with Crippen LogP contribution in [0.3, 0.4) is 0 Å². The molecule has 5 heavy (non-hydrogen) atoms. The average Bonchev–Trinajstić information content (AvgIpc) is 1.38. The Balaban J connectivity index is 2.54. The molecule has 0 aliphatic heterocycles. The summed E-state index contributed by atoms with van der Waals surface area (Å²) in [5, 5.41) is 0. The molecule has 0 saturated heterocycles. The standard InChI is InChI=1S/C3H10GeO/c1-3(2)5-4/h3H,1-2,4H3. The second kappa shape index (κ2) is 2.72. The van der Waals surface area contributed by atoms with Gasteiger partial charge in [0.2, 0.25) is 0 Å². The van der Waals surface area contributed by atoms with Crippen molar-refractivity contribution in [3.8, 4) is 0 Å². The summed E-state index contributed by atoms with van der Waals surface area (Å²) in [4.78, 5) is 0. The van der Waals surface area contributed by atoms with Crippen molar-refractivity contribution < 1.29 is 3.76 Å². The van der Waals surface area contributed by atoms with Gasteiger partial charge in [0.25, 0.3) is 0 Å². The van der Waals surface area contributed by atoms with Crippen molar-refractivity contribution in [1.29, 1.82) is 0 Å². The van der Waals surface area contributed by atoms with Gasteiger partial charge in [-0.25, -0.2) is 0 Å². The minimum atomic E-state index is 0.468. The van der Waals surface area contributed by atoms with Crippen molar-refractivity contribution in [1.82, 2.24) is 0 Å². The molecule has 2 heteroatoms. The molecule has 0 amide bonds. The molecule has 0 rings (SSSR count). The van der Waals surface area contributed by atoms with Crippen LogP contribution in [0.5, 0.6) is 0 Å². The molecule has 0 fully saturated rings. The number of hydrogen-bond donors (Lipinski definition) is 0. The zero-order valence-corrected chi connectivity index (χ0v) is 8.18. The van der Waals surface area contributed by atoms with E-state index in [9.17, 15) is 0 Å². The van der Waals surface area contributed by atoms with Crippen molar-refractivity contribution >= 4 is 16.9 Å². The third-order valence-corrected chi connectivity index (χ3v) is 2.45. The van der Waals surface area contributed by atoms with E-state index in [-0.39, 0.29) is 0 Å². The van der Waals surface area contributed by atoms with Gasteiger partial charge in [-0.1, -0.05) is 0 Å². The molecule has 1 nitrogen and oxygen atoms in total. The van der Waals surface area contributed by atoms with E-state index in [0.717, 1.165) is 0 Å². The van der Waals surface area contributed by atoms with Crippen LogP contribution in [0.4, 0.5) is 0 Å². The summed E-state index contributed by atoms with van der Waals surface area (Å²) in [6.45, 7) is 4.09. The molecule has 0 aromatic rings. The third-order valence-electron chi connectivity index (χ3n) is 0.471. The Morgan fingerprint density at radius 1 is 1.60 bits per heavy atom. The van der Waals surface area contributed by atoms with Gasteiger partial charge in [0.05, 0.1) is 0 Å². The summed E-state index contributed by atoms with van der Waals surface area (Å²) in [5.74, 6) is 0.